The van der Waals surface area contributed by atoms with Crippen molar-refractivity contribution in [1.82, 2.24) is 20.1 Å². The standard InChI is InChI=1S/C18H16FN5O3S/c1-27-15-9-5-4-8-14(15)24-11-20-23-18(24)28-10-16(25)22-17(26)21-13-7-3-2-6-12(13)19/h2-9,11H,10H2,1H3,(H2,21,22,25,26). The molecule has 2 aromatic carbocycles. The minimum atomic E-state index is -0.818. The third-order valence-corrected chi connectivity index (χ3v) is 4.51. The van der Waals surface area contributed by atoms with Crippen LogP contribution in [0.25, 0.3) is 5.69 Å². The van der Waals surface area contributed by atoms with E-state index in [-0.39, 0.29) is 11.4 Å². The Kier molecular flexibility index (Phi) is 6.22. The van der Waals surface area contributed by atoms with Gasteiger partial charge in [-0.2, -0.15) is 0 Å². The van der Waals surface area contributed by atoms with E-state index < -0.39 is 17.8 Å². The van der Waals surface area contributed by atoms with Gasteiger partial charge >= 0.3 is 6.03 Å². The molecule has 1 aromatic heterocycles. The molecule has 3 amide bonds. The second kappa shape index (κ2) is 9.00. The van der Waals surface area contributed by atoms with E-state index in [1.165, 1.54) is 24.5 Å². The number of nitrogens with one attached hydrogen (secondary N) is 2. The van der Waals surface area contributed by atoms with E-state index in [1.807, 2.05) is 18.2 Å². The lowest BCUT2D eigenvalue weighted by Crippen LogP contribution is -2.35. The molecule has 144 valence electrons. The summed E-state index contributed by atoms with van der Waals surface area (Å²) in [5.41, 5.74) is 0.701. The van der Waals surface area contributed by atoms with E-state index in [1.54, 1.807) is 23.8 Å². The number of thioether (sulfide) groups is 1. The zero-order valence-corrected chi connectivity index (χ0v) is 15.6. The van der Waals surface area contributed by atoms with Crippen LogP contribution in [0.4, 0.5) is 14.9 Å². The van der Waals surface area contributed by atoms with E-state index >= 15 is 0 Å². The summed E-state index contributed by atoms with van der Waals surface area (Å²) in [6, 6.07) is 12.1. The molecule has 0 spiro atoms. The molecule has 0 bridgehead atoms. The number of ether oxygens (including phenoxy) is 1. The highest BCUT2D eigenvalue weighted by atomic mass is 32.2. The van der Waals surface area contributed by atoms with Crippen molar-refractivity contribution in [1.29, 1.82) is 0 Å². The topological polar surface area (TPSA) is 98.1 Å². The second-order valence-electron chi connectivity index (χ2n) is 5.43. The summed E-state index contributed by atoms with van der Waals surface area (Å²) in [7, 11) is 1.55. The lowest BCUT2D eigenvalue weighted by molar-refractivity contribution is -0.117. The number of halogens is 1. The SMILES string of the molecule is COc1ccccc1-n1cnnc1SCC(=O)NC(=O)Nc1ccccc1F. The highest BCUT2D eigenvalue weighted by Crippen LogP contribution is 2.26. The molecule has 0 saturated heterocycles. The van der Waals surface area contributed by atoms with Crippen LogP contribution in [0.1, 0.15) is 0 Å². The van der Waals surface area contributed by atoms with Crippen molar-refractivity contribution in [3.05, 3.63) is 60.7 Å². The maximum Gasteiger partial charge on any atom is 0.325 e. The van der Waals surface area contributed by atoms with Gasteiger partial charge in [-0.15, -0.1) is 10.2 Å². The average Bonchev–Trinajstić information content (AvgIpc) is 3.16. The molecule has 0 aliphatic carbocycles. The van der Waals surface area contributed by atoms with Crippen LogP contribution >= 0.6 is 11.8 Å². The third-order valence-electron chi connectivity index (χ3n) is 3.57. The van der Waals surface area contributed by atoms with Crippen LogP contribution in [0.2, 0.25) is 0 Å². The molecular weight excluding hydrogens is 385 g/mol. The molecule has 8 nitrogen and oxygen atoms in total. The Morgan fingerprint density at radius 1 is 1.18 bits per heavy atom. The Labute approximate surface area is 164 Å². The molecule has 2 N–H and O–H groups in total. The van der Waals surface area contributed by atoms with Crippen molar-refractivity contribution < 1.29 is 18.7 Å². The van der Waals surface area contributed by atoms with Gasteiger partial charge in [-0.25, -0.2) is 9.18 Å². The van der Waals surface area contributed by atoms with Gasteiger partial charge in [0.05, 0.1) is 24.2 Å². The first-order valence-electron chi connectivity index (χ1n) is 8.10. The minimum Gasteiger partial charge on any atom is -0.495 e. The highest BCUT2D eigenvalue weighted by Gasteiger charge is 2.15. The third kappa shape index (κ3) is 4.65. The number of rotatable bonds is 6. The number of amides is 3. The number of nitrogens with zero attached hydrogens (tertiary/aromatic N) is 3. The normalized spacial score (nSPS) is 10.4. The fraction of sp³-hybridized carbons (Fsp3) is 0.111. The molecule has 0 unspecified atom stereocenters. The van der Waals surface area contributed by atoms with E-state index in [4.69, 9.17) is 4.74 Å². The molecule has 3 aromatic rings. The quantitative estimate of drug-likeness (QED) is 0.617. The Balaban J connectivity index is 1.59. The molecule has 0 atom stereocenters. The smallest absolute Gasteiger partial charge is 0.325 e. The van der Waals surface area contributed by atoms with Gasteiger partial charge in [-0.05, 0) is 24.3 Å². The number of carbonyl (C=O) groups excluding carboxylic acids is 2. The van der Waals surface area contributed by atoms with Gasteiger partial charge in [0.15, 0.2) is 5.16 Å². The largest absolute Gasteiger partial charge is 0.495 e. The van der Waals surface area contributed by atoms with Crippen LogP contribution in [0.3, 0.4) is 0 Å². The molecular formula is C18H16FN5O3S. The number of anilines is 1. The molecule has 0 saturated carbocycles. The van der Waals surface area contributed by atoms with Crippen LogP contribution in [0.15, 0.2) is 60.0 Å². The van der Waals surface area contributed by atoms with Crippen LogP contribution in [-0.2, 0) is 4.79 Å². The summed E-state index contributed by atoms with van der Waals surface area (Å²) in [5.74, 6) is -0.617. The average molecular weight is 401 g/mol. The first-order chi connectivity index (χ1) is 13.6. The van der Waals surface area contributed by atoms with Crippen molar-refractivity contribution in [3.8, 4) is 11.4 Å². The van der Waals surface area contributed by atoms with Crippen molar-refractivity contribution in [2.75, 3.05) is 18.2 Å². The first-order valence-corrected chi connectivity index (χ1v) is 9.08. The van der Waals surface area contributed by atoms with Gasteiger partial charge in [0.1, 0.15) is 17.9 Å². The maximum atomic E-state index is 13.5. The lowest BCUT2D eigenvalue weighted by atomic mass is 10.3. The van der Waals surface area contributed by atoms with Crippen LogP contribution in [0.5, 0.6) is 5.75 Å². The second-order valence-corrected chi connectivity index (χ2v) is 6.37. The number of benzene rings is 2. The summed E-state index contributed by atoms with van der Waals surface area (Å²) in [6.45, 7) is 0. The van der Waals surface area contributed by atoms with Crippen molar-refractivity contribution >= 4 is 29.4 Å². The van der Waals surface area contributed by atoms with Crippen molar-refractivity contribution in [2.24, 2.45) is 0 Å². The molecule has 3 rings (SSSR count). The molecule has 0 fully saturated rings. The number of aromatic nitrogens is 3. The van der Waals surface area contributed by atoms with Crippen molar-refractivity contribution in [2.45, 2.75) is 5.16 Å². The monoisotopic (exact) mass is 401 g/mol. The number of hydrogen-bond donors (Lipinski definition) is 2. The molecule has 28 heavy (non-hydrogen) atoms. The van der Waals surface area contributed by atoms with Gasteiger partial charge < -0.3 is 10.1 Å². The number of para-hydroxylation sites is 3. The fourth-order valence-electron chi connectivity index (χ4n) is 2.33. The molecule has 0 aliphatic heterocycles. The Morgan fingerprint density at radius 3 is 2.71 bits per heavy atom. The summed E-state index contributed by atoms with van der Waals surface area (Å²) in [4.78, 5) is 23.9. The Hall–Kier alpha value is -3.40. The van der Waals surface area contributed by atoms with E-state index in [0.717, 1.165) is 17.4 Å². The number of imide groups is 1. The van der Waals surface area contributed by atoms with Gasteiger partial charge in [0.25, 0.3) is 0 Å². The molecule has 0 aliphatic rings. The van der Waals surface area contributed by atoms with E-state index in [2.05, 4.69) is 20.8 Å². The zero-order chi connectivity index (χ0) is 19.9. The van der Waals surface area contributed by atoms with Gasteiger partial charge in [0, 0.05) is 0 Å². The van der Waals surface area contributed by atoms with E-state index in [9.17, 15) is 14.0 Å². The molecule has 0 radical (unpaired) electrons. The van der Waals surface area contributed by atoms with Crippen molar-refractivity contribution in [3.63, 3.8) is 0 Å². The number of methoxy groups -OCH3 is 1. The highest BCUT2D eigenvalue weighted by molar-refractivity contribution is 7.99. The predicted molar refractivity (Wildman–Crippen MR) is 102 cm³/mol. The number of urea groups is 1. The van der Waals surface area contributed by atoms with Gasteiger partial charge in [-0.1, -0.05) is 36.0 Å². The summed E-state index contributed by atoms with van der Waals surface area (Å²) < 4.78 is 20.5. The molecule has 1 heterocycles. The summed E-state index contributed by atoms with van der Waals surface area (Å²) >= 11 is 1.09. The number of hydrogen-bond acceptors (Lipinski definition) is 6. The minimum absolute atomic E-state index is 0.0173. The first kappa shape index (κ1) is 19.4. The predicted octanol–water partition coefficient (Wildman–Crippen LogP) is 2.86. The van der Waals surface area contributed by atoms with Crippen LogP contribution < -0.4 is 15.4 Å². The maximum absolute atomic E-state index is 13.5. The summed E-state index contributed by atoms with van der Waals surface area (Å²) in [5, 5.41) is 12.7. The van der Waals surface area contributed by atoms with E-state index in [0.29, 0.717) is 10.9 Å². The van der Waals surface area contributed by atoms with Gasteiger partial charge in [0.2, 0.25) is 5.91 Å². The zero-order valence-electron chi connectivity index (χ0n) is 14.8. The number of carbonyl (C=O) groups is 2. The van der Waals surface area contributed by atoms with Crippen LogP contribution in [0, 0.1) is 5.82 Å². The Morgan fingerprint density at radius 2 is 1.93 bits per heavy atom. The fourth-order valence-corrected chi connectivity index (χ4v) is 3.05. The molecule has 10 heteroatoms. The summed E-state index contributed by atoms with van der Waals surface area (Å²) in [6.07, 6.45) is 1.50. The lowest BCUT2D eigenvalue weighted by Gasteiger charge is -2.10. The van der Waals surface area contributed by atoms with Crippen LogP contribution in [-0.4, -0.2) is 39.6 Å². The van der Waals surface area contributed by atoms with Gasteiger partial charge in [-0.3, -0.25) is 14.7 Å². The Bertz CT molecular complexity index is 995.